The van der Waals surface area contributed by atoms with Gasteiger partial charge in [0.25, 0.3) is 0 Å². The number of anilines is 1. The average molecular weight is 423 g/mol. The number of imidazole rings is 1. The highest BCUT2D eigenvalue weighted by molar-refractivity contribution is 7.99. The second-order valence-corrected chi connectivity index (χ2v) is 9.68. The van der Waals surface area contributed by atoms with Gasteiger partial charge in [0, 0.05) is 34.8 Å². The van der Waals surface area contributed by atoms with Gasteiger partial charge in [0.15, 0.2) is 0 Å². The summed E-state index contributed by atoms with van der Waals surface area (Å²) in [6, 6.07) is 14.4. The molecule has 0 spiro atoms. The lowest BCUT2D eigenvalue weighted by molar-refractivity contribution is 0.191. The molecule has 0 radical (unpaired) electrons. The van der Waals surface area contributed by atoms with E-state index in [2.05, 4.69) is 43.2 Å². The second kappa shape index (κ2) is 9.13. The molecule has 3 aromatic rings. The maximum absolute atomic E-state index is 13.0. The van der Waals surface area contributed by atoms with E-state index in [1.807, 2.05) is 47.0 Å². The van der Waals surface area contributed by atoms with Crippen molar-refractivity contribution in [3.05, 3.63) is 53.9 Å². The van der Waals surface area contributed by atoms with E-state index in [1.54, 1.807) is 0 Å². The molecule has 0 bridgehead atoms. The molecule has 6 heteroatoms. The van der Waals surface area contributed by atoms with Gasteiger partial charge in [0.2, 0.25) is 0 Å². The predicted octanol–water partition coefficient (Wildman–Crippen LogP) is 6.17. The zero-order chi connectivity index (χ0) is 21.1. The quantitative estimate of drug-likeness (QED) is 0.483. The Morgan fingerprint density at radius 1 is 1.33 bits per heavy atom. The smallest absolute Gasteiger partial charge is 0.321 e. The van der Waals surface area contributed by atoms with Crippen molar-refractivity contribution in [2.75, 3.05) is 18.4 Å². The molecule has 30 heavy (non-hydrogen) atoms. The van der Waals surface area contributed by atoms with Crippen LogP contribution in [0.25, 0.3) is 11.0 Å². The summed E-state index contributed by atoms with van der Waals surface area (Å²) >= 11 is 1.88. The topological polar surface area (TPSA) is 61.0 Å². The Kier molecular flexibility index (Phi) is 6.32. The van der Waals surface area contributed by atoms with Crippen molar-refractivity contribution in [1.82, 2.24) is 14.9 Å². The normalized spacial score (nSPS) is 17.8. The highest BCUT2D eigenvalue weighted by Gasteiger charge is 2.27. The van der Waals surface area contributed by atoms with Crippen LogP contribution in [-0.2, 0) is 0 Å². The highest BCUT2D eigenvalue weighted by Crippen LogP contribution is 2.30. The summed E-state index contributed by atoms with van der Waals surface area (Å²) in [5.74, 6) is 1.23. The molecule has 0 saturated carbocycles. The minimum Gasteiger partial charge on any atom is -0.342 e. The van der Waals surface area contributed by atoms with Gasteiger partial charge in [-0.3, -0.25) is 0 Å². The van der Waals surface area contributed by atoms with Gasteiger partial charge in [-0.1, -0.05) is 26.0 Å². The van der Waals surface area contributed by atoms with E-state index in [4.69, 9.17) is 4.98 Å². The minimum atomic E-state index is -0.0266. The third-order valence-electron chi connectivity index (χ3n) is 5.85. The molecule has 1 aliphatic heterocycles. The Labute approximate surface area is 182 Å². The number of nitrogens with zero attached hydrogens (tertiary/aromatic N) is 2. The number of benzene rings is 2. The van der Waals surface area contributed by atoms with Crippen LogP contribution < -0.4 is 5.32 Å². The molecule has 2 heterocycles. The van der Waals surface area contributed by atoms with Crippen molar-refractivity contribution in [2.45, 2.75) is 56.1 Å². The van der Waals surface area contributed by atoms with Crippen LogP contribution in [0, 0.1) is 6.92 Å². The average Bonchev–Trinajstić information content (AvgIpc) is 3.20. The van der Waals surface area contributed by atoms with Gasteiger partial charge < -0.3 is 15.2 Å². The van der Waals surface area contributed by atoms with Crippen LogP contribution in [0.3, 0.4) is 0 Å². The Bertz CT molecular complexity index is 998. The number of para-hydroxylation sites is 2. The first kappa shape index (κ1) is 20.8. The fourth-order valence-electron chi connectivity index (χ4n) is 3.91. The summed E-state index contributed by atoms with van der Waals surface area (Å²) in [5.41, 5.74) is 4.03. The summed E-state index contributed by atoms with van der Waals surface area (Å²) in [4.78, 5) is 24.3. The van der Waals surface area contributed by atoms with Gasteiger partial charge in [-0.05, 0) is 62.1 Å². The Hall–Kier alpha value is -2.47. The van der Waals surface area contributed by atoms with Crippen molar-refractivity contribution in [1.29, 1.82) is 0 Å². The van der Waals surface area contributed by atoms with Gasteiger partial charge in [0.1, 0.15) is 5.82 Å². The lowest BCUT2D eigenvalue weighted by atomic mass is 9.97. The van der Waals surface area contributed by atoms with Crippen LogP contribution in [0.5, 0.6) is 0 Å². The van der Waals surface area contributed by atoms with Gasteiger partial charge in [-0.2, -0.15) is 0 Å². The molecule has 4 rings (SSSR count). The lowest BCUT2D eigenvalue weighted by Gasteiger charge is -2.32. The van der Waals surface area contributed by atoms with Crippen LogP contribution in [0.1, 0.15) is 50.4 Å². The number of H-pyrrole nitrogens is 1. The minimum absolute atomic E-state index is 0.0266. The molecule has 2 atom stereocenters. The molecular formula is C24H30N4OS. The van der Waals surface area contributed by atoms with Crippen LogP contribution in [0.4, 0.5) is 10.5 Å². The number of rotatable bonds is 5. The summed E-state index contributed by atoms with van der Waals surface area (Å²) in [6.45, 7) is 7.97. The number of fused-ring (bicyclic) bond motifs is 1. The summed E-state index contributed by atoms with van der Waals surface area (Å²) in [6.07, 6.45) is 3.17. The van der Waals surface area contributed by atoms with Gasteiger partial charge in [0.05, 0.1) is 11.0 Å². The fraction of sp³-hybridized carbons (Fsp3) is 0.417. The number of carbonyl (C=O) groups is 1. The standard InChI is InChI=1S/C24H30N4OS/c1-4-17(3)30-19-11-12-20(16(2)14-19)27-24(29)28-13-7-8-18(15-28)23-25-21-9-5-6-10-22(21)26-23/h5-6,9-12,14,17-18H,4,7-8,13,15H2,1-3H3,(H,25,26)(H,27,29). The number of amides is 2. The second-order valence-electron chi connectivity index (χ2n) is 8.17. The Morgan fingerprint density at radius 2 is 2.17 bits per heavy atom. The van der Waals surface area contributed by atoms with Gasteiger partial charge >= 0.3 is 6.03 Å². The van der Waals surface area contributed by atoms with E-state index < -0.39 is 0 Å². The number of hydrogen-bond acceptors (Lipinski definition) is 3. The van der Waals surface area contributed by atoms with E-state index in [-0.39, 0.29) is 11.9 Å². The van der Waals surface area contributed by atoms with Gasteiger partial charge in [-0.25, -0.2) is 9.78 Å². The van der Waals surface area contributed by atoms with Crippen LogP contribution in [0.15, 0.2) is 47.4 Å². The molecule has 0 aliphatic carbocycles. The number of aromatic amines is 1. The first-order valence-electron chi connectivity index (χ1n) is 10.8. The monoisotopic (exact) mass is 422 g/mol. The predicted molar refractivity (Wildman–Crippen MR) is 125 cm³/mol. The third-order valence-corrected chi connectivity index (χ3v) is 7.12. The zero-order valence-corrected chi connectivity index (χ0v) is 18.8. The Balaban J connectivity index is 1.42. The molecule has 1 aromatic heterocycles. The molecule has 2 aromatic carbocycles. The van der Waals surface area contributed by atoms with Crippen LogP contribution in [-0.4, -0.2) is 39.2 Å². The highest BCUT2D eigenvalue weighted by atomic mass is 32.2. The first-order chi connectivity index (χ1) is 14.5. The summed E-state index contributed by atoms with van der Waals surface area (Å²) in [5, 5.41) is 3.71. The van der Waals surface area contributed by atoms with Crippen molar-refractivity contribution >= 4 is 34.5 Å². The number of aromatic nitrogens is 2. The van der Waals surface area contributed by atoms with E-state index in [9.17, 15) is 4.79 Å². The number of carbonyl (C=O) groups excluding carboxylic acids is 1. The molecule has 1 fully saturated rings. The maximum Gasteiger partial charge on any atom is 0.321 e. The molecule has 1 saturated heterocycles. The number of thioether (sulfide) groups is 1. The van der Waals surface area contributed by atoms with E-state index in [0.717, 1.165) is 53.9 Å². The summed E-state index contributed by atoms with van der Waals surface area (Å²) < 4.78 is 0. The zero-order valence-electron chi connectivity index (χ0n) is 17.9. The van der Waals surface area contributed by atoms with E-state index in [0.29, 0.717) is 11.8 Å². The largest absolute Gasteiger partial charge is 0.342 e. The molecule has 5 nitrogen and oxygen atoms in total. The van der Waals surface area contributed by atoms with Crippen LogP contribution >= 0.6 is 11.8 Å². The lowest BCUT2D eigenvalue weighted by Crippen LogP contribution is -2.41. The number of nitrogens with one attached hydrogen (secondary N) is 2. The molecule has 158 valence electrons. The van der Waals surface area contributed by atoms with Crippen molar-refractivity contribution in [3.63, 3.8) is 0 Å². The number of hydrogen-bond donors (Lipinski definition) is 2. The molecule has 1 aliphatic rings. The van der Waals surface area contributed by atoms with Crippen LogP contribution in [0.2, 0.25) is 0 Å². The molecule has 2 unspecified atom stereocenters. The van der Waals surface area contributed by atoms with Gasteiger partial charge in [-0.15, -0.1) is 11.8 Å². The number of aryl methyl sites for hydroxylation is 1. The molecular weight excluding hydrogens is 392 g/mol. The summed E-state index contributed by atoms with van der Waals surface area (Å²) in [7, 11) is 0. The van der Waals surface area contributed by atoms with E-state index in [1.165, 1.54) is 4.90 Å². The van der Waals surface area contributed by atoms with E-state index >= 15 is 0 Å². The fourth-order valence-corrected chi connectivity index (χ4v) is 4.93. The Morgan fingerprint density at radius 3 is 2.93 bits per heavy atom. The van der Waals surface area contributed by atoms with Crippen molar-refractivity contribution in [2.24, 2.45) is 0 Å². The SMILES string of the molecule is CCC(C)Sc1ccc(NC(=O)N2CCCC(c3nc4ccccc4[nH]3)C2)c(C)c1. The van der Waals surface area contributed by atoms with Crippen molar-refractivity contribution < 1.29 is 4.79 Å². The number of piperidine rings is 1. The number of urea groups is 1. The third kappa shape index (κ3) is 4.64. The first-order valence-corrected chi connectivity index (χ1v) is 11.7. The molecule has 2 N–H and O–H groups in total. The number of likely N-dealkylation sites (tertiary alicyclic amines) is 1. The van der Waals surface area contributed by atoms with Crippen molar-refractivity contribution in [3.8, 4) is 0 Å². The molecule has 2 amide bonds. The maximum atomic E-state index is 13.0.